The van der Waals surface area contributed by atoms with Crippen LogP contribution in [0, 0.1) is 0 Å². The highest BCUT2D eigenvalue weighted by Gasteiger charge is 2.27. The summed E-state index contributed by atoms with van der Waals surface area (Å²) in [6.45, 7) is 0.574. The summed E-state index contributed by atoms with van der Waals surface area (Å²) in [5.41, 5.74) is 1.95. The fraction of sp³-hybridized carbons (Fsp3) is 0.143. The molecule has 0 radical (unpaired) electrons. The second-order valence-corrected chi connectivity index (χ2v) is 7.81. The topological polar surface area (TPSA) is 57.6 Å². The third-order valence-electron chi connectivity index (χ3n) is 3.32. The van der Waals surface area contributed by atoms with Crippen molar-refractivity contribution >= 4 is 60.8 Å². The monoisotopic (exact) mass is 429 g/mol. The summed E-state index contributed by atoms with van der Waals surface area (Å²) in [6, 6.07) is 6.68. The van der Waals surface area contributed by atoms with Crippen molar-refractivity contribution in [2.45, 2.75) is 6.42 Å². The van der Waals surface area contributed by atoms with Gasteiger partial charge in [-0.05, 0) is 68.1 Å². The van der Waals surface area contributed by atoms with Crippen molar-refractivity contribution in [2.75, 3.05) is 11.4 Å². The molecule has 2 heterocycles. The number of hydrogen-bond donors (Lipinski definition) is 1. The van der Waals surface area contributed by atoms with E-state index >= 15 is 0 Å². The molecule has 0 aliphatic carbocycles. The molecule has 1 aliphatic rings. The van der Waals surface area contributed by atoms with E-state index < -0.39 is 5.97 Å². The van der Waals surface area contributed by atoms with Crippen LogP contribution < -0.4 is 4.90 Å². The van der Waals surface area contributed by atoms with Gasteiger partial charge >= 0.3 is 5.97 Å². The van der Waals surface area contributed by atoms with E-state index in [4.69, 9.17) is 5.11 Å². The number of carbonyl (C=O) groups is 2. The van der Waals surface area contributed by atoms with Crippen molar-refractivity contribution in [2.24, 2.45) is 0 Å². The predicted octanol–water partition coefficient (Wildman–Crippen LogP) is 4.17. The van der Waals surface area contributed by atoms with E-state index in [1.54, 1.807) is 23.1 Å². The van der Waals surface area contributed by atoms with Gasteiger partial charge in [0.1, 0.15) is 0 Å². The number of benzene rings is 1. The van der Waals surface area contributed by atoms with E-state index in [0.717, 1.165) is 19.5 Å². The predicted molar refractivity (Wildman–Crippen MR) is 88.5 cm³/mol. The van der Waals surface area contributed by atoms with E-state index in [1.165, 1.54) is 17.4 Å². The van der Waals surface area contributed by atoms with Gasteiger partial charge in [0.2, 0.25) is 0 Å². The van der Waals surface area contributed by atoms with E-state index in [1.807, 2.05) is 0 Å². The minimum Gasteiger partial charge on any atom is -0.478 e. The van der Waals surface area contributed by atoms with Crippen molar-refractivity contribution in [3.8, 4) is 0 Å². The third kappa shape index (κ3) is 2.65. The quantitative estimate of drug-likeness (QED) is 0.777. The summed E-state index contributed by atoms with van der Waals surface area (Å²) < 4.78 is 1.74. The Morgan fingerprint density at radius 2 is 2.00 bits per heavy atom. The molecular formula is C14H9Br2NO3S. The lowest BCUT2D eigenvalue weighted by Gasteiger charge is -2.16. The number of rotatable bonds is 2. The molecule has 21 heavy (non-hydrogen) atoms. The molecule has 108 valence electrons. The van der Waals surface area contributed by atoms with Gasteiger partial charge in [-0.1, -0.05) is 0 Å². The normalized spacial score (nSPS) is 13.3. The molecule has 1 aromatic heterocycles. The minimum atomic E-state index is -0.950. The molecule has 0 saturated carbocycles. The summed E-state index contributed by atoms with van der Waals surface area (Å²) in [5.74, 6) is -1.01. The van der Waals surface area contributed by atoms with Crippen molar-refractivity contribution in [3.05, 3.63) is 48.5 Å². The van der Waals surface area contributed by atoms with Crippen molar-refractivity contribution in [1.82, 2.24) is 0 Å². The van der Waals surface area contributed by atoms with Crippen molar-refractivity contribution in [1.29, 1.82) is 0 Å². The van der Waals surface area contributed by atoms with Gasteiger partial charge in [-0.2, -0.15) is 0 Å². The number of carboxylic acid groups (broad SMARTS) is 1. The average Bonchev–Trinajstić information content (AvgIpc) is 3.01. The first-order chi connectivity index (χ1) is 9.97. The molecule has 3 rings (SSSR count). The van der Waals surface area contributed by atoms with Crippen LogP contribution in [0.3, 0.4) is 0 Å². The Hall–Kier alpha value is -1.18. The van der Waals surface area contributed by atoms with Crippen LogP contribution >= 0.6 is 43.2 Å². The largest absolute Gasteiger partial charge is 0.478 e. The maximum atomic E-state index is 12.6. The molecule has 1 N–H and O–H groups in total. The van der Waals surface area contributed by atoms with Gasteiger partial charge in [0.25, 0.3) is 5.91 Å². The van der Waals surface area contributed by atoms with Crippen LogP contribution in [-0.2, 0) is 6.42 Å². The van der Waals surface area contributed by atoms with Crippen LogP contribution in [0.1, 0.15) is 25.6 Å². The summed E-state index contributed by atoms with van der Waals surface area (Å²) in [7, 11) is 0. The molecule has 1 amide bonds. The second-order valence-electron chi connectivity index (χ2n) is 4.59. The Morgan fingerprint density at radius 1 is 1.24 bits per heavy atom. The van der Waals surface area contributed by atoms with E-state index in [9.17, 15) is 9.59 Å². The Morgan fingerprint density at radius 3 is 2.62 bits per heavy atom. The number of amides is 1. The average molecular weight is 431 g/mol. The zero-order chi connectivity index (χ0) is 15.1. The van der Waals surface area contributed by atoms with Crippen LogP contribution in [0.5, 0.6) is 0 Å². The molecule has 0 atom stereocenters. The van der Waals surface area contributed by atoms with E-state index in [0.29, 0.717) is 17.8 Å². The Bertz CT molecular complexity index is 737. The van der Waals surface area contributed by atoms with Gasteiger partial charge in [0.15, 0.2) is 0 Å². The number of anilines is 1. The molecule has 1 aromatic carbocycles. The van der Waals surface area contributed by atoms with Gasteiger partial charge < -0.3 is 10.0 Å². The molecule has 7 heteroatoms. The number of nitrogens with zero attached hydrogens (tertiary/aromatic N) is 1. The number of aromatic carboxylic acids is 1. The molecule has 1 aliphatic heterocycles. The number of hydrogen-bond acceptors (Lipinski definition) is 3. The Kier molecular flexibility index (Phi) is 3.90. The van der Waals surface area contributed by atoms with Crippen LogP contribution in [0.2, 0.25) is 0 Å². The van der Waals surface area contributed by atoms with E-state index in [2.05, 4.69) is 31.9 Å². The number of carboxylic acids is 1. The fourth-order valence-electron chi connectivity index (χ4n) is 2.33. The fourth-order valence-corrected chi connectivity index (χ4v) is 4.32. The van der Waals surface area contributed by atoms with E-state index in [-0.39, 0.29) is 11.5 Å². The lowest BCUT2D eigenvalue weighted by atomic mass is 10.1. The summed E-state index contributed by atoms with van der Waals surface area (Å²) in [5, 5.41) is 9.01. The van der Waals surface area contributed by atoms with Gasteiger partial charge in [0, 0.05) is 16.7 Å². The first-order valence-corrected chi connectivity index (χ1v) is 8.50. The molecule has 2 aromatic rings. The molecule has 0 unspecified atom stereocenters. The van der Waals surface area contributed by atoms with Crippen LogP contribution in [0.15, 0.2) is 32.5 Å². The lowest BCUT2D eigenvalue weighted by molar-refractivity contribution is 0.0696. The summed E-state index contributed by atoms with van der Waals surface area (Å²) in [6.07, 6.45) is 0.676. The van der Waals surface area contributed by atoms with Gasteiger partial charge in [0.05, 0.1) is 14.2 Å². The zero-order valence-electron chi connectivity index (χ0n) is 10.6. The molecule has 0 fully saturated rings. The van der Waals surface area contributed by atoms with Crippen LogP contribution in [-0.4, -0.2) is 23.5 Å². The first kappa shape index (κ1) is 14.7. The zero-order valence-corrected chi connectivity index (χ0v) is 14.6. The van der Waals surface area contributed by atoms with Crippen LogP contribution in [0.25, 0.3) is 0 Å². The van der Waals surface area contributed by atoms with Gasteiger partial charge in [-0.15, -0.1) is 11.3 Å². The lowest BCUT2D eigenvalue weighted by Crippen LogP contribution is -2.28. The smallest absolute Gasteiger partial charge is 0.335 e. The highest BCUT2D eigenvalue weighted by Crippen LogP contribution is 2.36. The molecule has 0 saturated heterocycles. The van der Waals surface area contributed by atoms with Gasteiger partial charge in [-0.3, -0.25) is 4.79 Å². The molecule has 4 nitrogen and oxygen atoms in total. The second kappa shape index (κ2) is 5.55. The third-order valence-corrected chi connectivity index (χ3v) is 6.57. The number of fused-ring (bicyclic) bond motifs is 1. The highest BCUT2D eigenvalue weighted by molar-refractivity contribution is 9.13. The maximum absolute atomic E-state index is 12.6. The van der Waals surface area contributed by atoms with Crippen molar-refractivity contribution < 1.29 is 14.7 Å². The maximum Gasteiger partial charge on any atom is 0.335 e. The van der Waals surface area contributed by atoms with Crippen molar-refractivity contribution in [3.63, 3.8) is 0 Å². The first-order valence-electron chi connectivity index (χ1n) is 6.10. The number of halogens is 2. The number of carbonyl (C=O) groups excluding carboxylic acids is 1. The summed E-state index contributed by atoms with van der Waals surface area (Å²) >= 11 is 8.14. The standard InChI is InChI=1S/C14H9Br2NO3S/c15-9-6-11(21-12(9)16)13(18)17-4-3-7-5-8(14(19)20)1-2-10(7)17/h1-2,5-6H,3-4H2,(H,19,20). The molecule has 0 spiro atoms. The Labute approximate surface area is 141 Å². The van der Waals surface area contributed by atoms with Crippen LogP contribution in [0.4, 0.5) is 5.69 Å². The van der Waals surface area contributed by atoms with Gasteiger partial charge in [-0.25, -0.2) is 4.79 Å². The molecule has 0 bridgehead atoms. The SMILES string of the molecule is O=C(O)c1ccc2c(c1)CCN2C(=O)c1cc(Br)c(Br)s1. The molecular weight excluding hydrogens is 422 g/mol. The summed E-state index contributed by atoms with van der Waals surface area (Å²) in [4.78, 5) is 25.9. The Balaban J connectivity index is 1.93. The minimum absolute atomic E-state index is 0.0618. The number of thiophene rings is 1. The highest BCUT2D eigenvalue weighted by atomic mass is 79.9.